The quantitative estimate of drug-likeness (QED) is 0.561. The number of fused-ring (bicyclic) bond motifs is 1. The topological polar surface area (TPSA) is 102 Å². The molecule has 144 valence electrons. The Morgan fingerprint density at radius 2 is 1.69 bits per heavy atom. The van der Waals surface area contributed by atoms with E-state index in [0.29, 0.717) is 22.8 Å². The molecule has 2 N–H and O–H groups in total. The summed E-state index contributed by atoms with van der Waals surface area (Å²) in [6.07, 6.45) is 0. The molecule has 3 aromatic carbocycles. The summed E-state index contributed by atoms with van der Waals surface area (Å²) < 4.78 is 1.55. The first-order valence-electron chi connectivity index (χ1n) is 8.96. The van der Waals surface area contributed by atoms with E-state index in [1.165, 1.54) is 6.92 Å². The minimum Gasteiger partial charge on any atom is -0.326 e. The van der Waals surface area contributed by atoms with Crippen molar-refractivity contribution in [2.75, 3.05) is 10.6 Å². The lowest BCUT2D eigenvalue weighted by Crippen LogP contribution is -2.16. The summed E-state index contributed by atoms with van der Waals surface area (Å²) in [5, 5.41) is 18.9. The third kappa shape index (κ3) is 3.81. The Morgan fingerprint density at radius 1 is 0.931 bits per heavy atom. The van der Waals surface area contributed by atoms with Crippen molar-refractivity contribution in [3.05, 3.63) is 66.2 Å². The van der Waals surface area contributed by atoms with Crippen molar-refractivity contribution in [3.8, 4) is 11.4 Å². The van der Waals surface area contributed by atoms with E-state index >= 15 is 0 Å². The summed E-state index contributed by atoms with van der Waals surface area (Å²) in [5.74, 6) is 0.0181. The summed E-state index contributed by atoms with van der Waals surface area (Å²) in [6.45, 7) is 1.41. The Balaban J connectivity index is 1.69. The average molecular weight is 386 g/mol. The van der Waals surface area contributed by atoms with Gasteiger partial charge in [0.05, 0.1) is 11.3 Å². The van der Waals surface area contributed by atoms with E-state index < -0.39 is 0 Å². The second-order valence-corrected chi connectivity index (χ2v) is 6.59. The molecular weight excluding hydrogens is 368 g/mol. The molecule has 0 aliphatic heterocycles. The predicted molar refractivity (Wildman–Crippen MR) is 110 cm³/mol. The van der Waals surface area contributed by atoms with Crippen LogP contribution >= 0.6 is 0 Å². The lowest BCUT2D eigenvalue weighted by molar-refractivity contribution is -0.114. The zero-order valence-electron chi connectivity index (χ0n) is 15.9. The molecule has 29 heavy (non-hydrogen) atoms. The number of aromatic nitrogens is 4. The van der Waals surface area contributed by atoms with Crippen LogP contribution in [0.2, 0.25) is 0 Å². The van der Waals surface area contributed by atoms with Crippen molar-refractivity contribution in [1.29, 1.82) is 0 Å². The summed E-state index contributed by atoms with van der Waals surface area (Å²) in [7, 11) is 1.75. The molecule has 0 atom stereocenters. The Labute approximate surface area is 166 Å². The molecule has 0 fully saturated rings. The second-order valence-electron chi connectivity index (χ2n) is 6.59. The number of hydrogen-bond acceptors (Lipinski definition) is 5. The summed E-state index contributed by atoms with van der Waals surface area (Å²) in [6, 6.07) is 18.5. The highest BCUT2D eigenvalue weighted by Gasteiger charge is 2.15. The van der Waals surface area contributed by atoms with Crippen LogP contribution in [0.15, 0.2) is 60.7 Å². The van der Waals surface area contributed by atoms with Crippen LogP contribution in [0.5, 0.6) is 0 Å². The van der Waals surface area contributed by atoms with Crippen LogP contribution in [0.1, 0.15) is 17.3 Å². The fraction of sp³-hybridized carbons (Fsp3) is 0.0952. The number of benzene rings is 3. The van der Waals surface area contributed by atoms with Crippen molar-refractivity contribution in [1.82, 2.24) is 20.2 Å². The number of amides is 2. The fourth-order valence-corrected chi connectivity index (χ4v) is 3.13. The first kappa shape index (κ1) is 18.3. The number of aryl methyl sites for hydroxylation is 1. The van der Waals surface area contributed by atoms with E-state index in [1.807, 2.05) is 36.4 Å². The van der Waals surface area contributed by atoms with Crippen LogP contribution in [0.4, 0.5) is 11.4 Å². The zero-order chi connectivity index (χ0) is 20.4. The van der Waals surface area contributed by atoms with E-state index in [2.05, 4.69) is 26.2 Å². The van der Waals surface area contributed by atoms with Crippen molar-refractivity contribution >= 4 is 34.0 Å². The SMILES string of the molecule is CC(=O)Nc1cc2ccccc2cc1C(=O)Nc1cccc(-c2nnnn2C)c1. The summed E-state index contributed by atoms with van der Waals surface area (Å²) in [5.41, 5.74) is 2.21. The third-order valence-corrected chi connectivity index (χ3v) is 4.44. The Kier molecular flexibility index (Phi) is 4.74. The van der Waals surface area contributed by atoms with Gasteiger partial charge in [0.2, 0.25) is 5.91 Å². The van der Waals surface area contributed by atoms with Gasteiger partial charge in [-0.15, -0.1) is 5.10 Å². The molecule has 4 rings (SSSR count). The molecule has 0 spiro atoms. The van der Waals surface area contributed by atoms with Gasteiger partial charge in [-0.3, -0.25) is 9.59 Å². The van der Waals surface area contributed by atoms with Gasteiger partial charge in [-0.2, -0.15) is 0 Å². The number of rotatable bonds is 4. The maximum Gasteiger partial charge on any atom is 0.257 e. The lowest BCUT2D eigenvalue weighted by Gasteiger charge is -2.13. The van der Waals surface area contributed by atoms with E-state index in [1.54, 1.807) is 36.0 Å². The van der Waals surface area contributed by atoms with E-state index in [0.717, 1.165) is 16.3 Å². The second kappa shape index (κ2) is 7.51. The predicted octanol–water partition coefficient (Wildman–Crippen LogP) is 3.24. The number of hydrogen-bond donors (Lipinski definition) is 2. The largest absolute Gasteiger partial charge is 0.326 e. The minimum absolute atomic E-state index is 0.244. The van der Waals surface area contributed by atoms with Crippen LogP contribution < -0.4 is 10.6 Å². The monoisotopic (exact) mass is 386 g/mol. The molecule has 0 saturated heterocycles. The molecule has 0 bridgehead atoms. The Morgan fingerprint density at radius 3 is 2.38 bits per heavy atom. The summed E-state index contributed by atoms with van der Waals surface area (Å²) >= 11 is 0. The molecule has 0 saturated carbocycles. The van der Waals surface area contributed by atoms with Gasteiger partial charge in [0, 0.05) is 25.2 Å². The smallest absolute Gasteiger partial charge is 0.257 e. The molecule has 8 nitrogen and oxygen atoms in total. The highest BCUT2D eigenvalue weighted by Crippen LogP contribution is 2.26. The van der Waals surface area contributed by atoms with Crippen molar-refractivity contribution in [2.24, 2.45) is 7.05 Å². The maximum atomic E-state index is 13.0. The standard InChI is InChI=1S/C21H18N6O2/c1-13(28)22-19-12-15-7-4-3-6-14(15)11-18(19)21(29)23-17-9-5-8-16(10-17)20-24-25-26-27(20)2/h3-12H,1-2H3,(H,22,28)(H,23,29). The molecule has 0 aliphatic rings. The molecule has 0 unspecified atom stereocenters. The van der Waals surface area contributed by atoms with Crippen LogP contribution in [0.3, 0.4) is 0 Å². The summed E-state index contributed by atoms with van der Waals surface area (Å²) in [4.78, 5) is 24.6. The van der Waals surface area contributed by atoms with Gasteiger partial charge < -0.3 is 10.6 Å². The number of tetrazole rings is 1. The molecule has 0 radical (unpaired) electrons. The van der Waals surface area contributed by atoms with Gasteiger partial charge >= 0.3 is 0 Å². The van der Waals surface area contributed by atoms with Crippen LogP contribution in [-0.4, -0.2) is 32.0 Å². The van der Waals surface area contributed by atoms with Crippen molar-refractivity contribution in [3.63, 3.8) is 0 Å². The number of anilines is 2. The van der Waals surface area contributed by atoms with E-state index in [9.17, 15) is 9.59 Å². The van der Waals surface area contributed by atoms with Gasteiger partial charge in [0.15, 0.2) is 5.82 Å². The zero-order valence-corrected chi connectivity index (χ0v) is 15.9. The van der Waals surface area contributed by atoms with Gasteiger partial charge in [0.25, 0.3) is 5.91 Å². The highest BCUT2D eigenvalue weighted by atomic mass is 16.2. The molecule has 4 aromatic rings. The number of carbonyl (C=O) groups excluding carboxylic acids is 2. The third-order valence-electron chi connectivity index (χ3n) is 4.44. The number of carbonyl (C=O) groups is 2. The first-order valence-corrected chi connectivity index (χ1v) is 8.96. The van der Waals surface area contributed by atoms with Crippen LogP contribution in [0.25, 0.3) is 22.2 Å². The maximum absolute atomic E-state index is 13.0. The van der Waals surface area contributed by atoms with Gasteiger partial charge in [-0.05, 0) is 45.5 Å². The molecule has 1 aromatic heterocycles. The van der Waals surface area contributed by atoms with Crippen LogP contribution in [0, 0.1) is 0 Å². The fourth-order valence-electron chi connectivity index (χ4n) is 3.13. The van der Waals surface area contributed by atoms with Crippen molar-refractivity contribution in [2.45, 2.75) is 6.92 Å². The minimum atomic E-state index is -0.326. The van der Waals surface area contributed by atoms with Gasteiger partial charge in [-0.1, -0.05) is 36.4 Å². The molecule has 1 heterocycles. The van der Waals surface area contributed by atoms with Gasteiger partial charge in [0.1, 0.15) is 0 Å². The number of nitrogens with zero attached hydrogens (tertiary/aromatic N) is 4. The van der Waals surface area contributed by atoms with Crippen molar-refractivity contribution < 1.29 is 9.59 Å². The molecular formula is C21H18N6O2. The van der Waals surface area contributed by atoms with Gasteiger partial charge in [-0.25, -0.2) is 4.68 Å². The van der Waals surface area contributed by atoms with E-state index in [-0.39, 0.29) is 11.8 Å². The molecule has 8 heteroatoms. The average Bonchev–Trinajstić information content (AvgIpc) is 3.13. The molecule has 0 aliphatic carbocycles. The lowest BCUT2D eigenvalue weighted by atomic mass is 10.0. The Bertz CT molecular complexity index is 1230. The highest BCUT2D eigenvalue weighted by molar-refractivity contribution is 6.12. The molecule has 2 amide bonds. The normalized spacial score (nSPS) is 10.7. The van der Waals surface area contributed by atoms with Crippen LogP contribution in [-0.2, 0) is 11.8 Å². The Hall–Kier alpha value is -4.07. The first-order chi connectivity index (χ1) is 14.0. The van der Waals surface area contributed by atoms with E-state index in [4.69, 9.17) is 0 Å². The number of nitrogens with one attached hydrogen (secondary N) is 2.